The second-order valence-electron chi connectivity index (χ2n) is 3.05. The Kier molecular flexibility index (Phi) is 3.92. The Morgan fingerprint density at radius 1 is 1.43 bits per heavy atom. The van der Waals surface area contributed by atoms with Crippen molar-refractivity contribution in [1.82, 2.24) is 0 Å². The van der Waals surface area contributed by atoms with Crippen LogP contribution in [-0.2, 0) is 4.79 Å². The van der Waals surface area contributed by atoms with Crippen molar-refractivity contribution in [3.63, 3.8) is 0 Å². The number of benzene rings is 1. The molecule has 0 radical (unpaired) electrons. The van der Waals surface area contributed by atoms with Crippen LogP contribution < -0.4 is 4.74 Å². The van der Waals surface area contributed by atoms with Gasteiger partial charge in [-0.2, -0.15) is 0 Å². The molecule has 2 nitrogen and oxygen atoms in total. The van der Waals surface area contributed by atoms with Gasteiger partial charge >= 0.3 is 0 Å². The lowest BCUT2D eigenvalue weighted by Crippen LogP contribution is -1.87. The Labute approximate surface area is 84.2 Å². The lowest BCUT2D eigenvalue weighted by atomic mass is 10.1. The van der Waals surface area contributed by atoms with Gasteiger partial charge in [0.1, 0.15) is 11.5 Å². The summed E-state index contributed by atoms with van der Waals surface area (Å²) in [4.78, 5) is 10.7. The zero-order valence-corrected chi connectivity index (χ0v) is 8.49. The van der Waals surface area contributed by atoms with Crippen molar-refractivity contribution >= 4 is 11.9 Å². The van der Waals surface area contributed by atoms with Crippen LogP contribution in [0.5, 0.6) is 5.75 Å². The van der Waals surface area contributed by atoms with Gasteiger partial charge in [0.05, 0.1) is 7.11 Å². The topological polar surface area (TPSA) is 26.3 Å². The van der Waals surface area contributed by atoms with Crippen molar-refractivity contribution in [3.8, 4) is 5.75 Å². The highest BCUT2D eigenvalue weighted by Gasteiger charge is 1.96. The standard InChI is InChI=1S/C12H14O2/c1-10(13)6-5-8-11-7-3-4-9-12(11)14-2/h3-5,7-9H,6H2,1-2H3/b8-5+. The summed E-state index contributed by atoms with van der Waals surface area (Å²) in [5, 5.41) is 0. The molecule has 0 heterocycles. The van der Waals surface area contributed by atoms with Gasteiger partial charge < -0.3 is 4.74 Å². The smallest absolute Gasteiger partial charge is 0.133 e. The number of methoxy groups -OCH3 is 1. The monoisotopic (exact) mass is 190 g/mol. The molecule has 0 N–H and O–H groups in total. The number of ketones is 1. The number of carbonyl (C=O) groups is 1. The first kappa shape index (κ1) is 10.5. The number of Topliss-reactive ketones (excluding diaryl/α,β-unsaturated/α-hetero) is 1. The van der Waals surface area contributed by atoms with Crippen molar-refractivity contribution < 1.29 is 9.53 Å². The van der Waals surface area contributed by atoms with Crippen LogP contribution in [0.1, 0.15) is 18.9 Å². The average Bonchev–Trinajstić information content (AvgIpc) is 2.18. The first-order valence-corrected chi connectivity index (χ1v) is 4.53. The molecule has 1 rings (SSSR count). The molecule has 0 bridgehead atoms. The highest BCUT2D eigenvalue weighted by atomic mass is 16.5. The van der Waals surface area contributed by atoms with Crippen LogP contribution in [0, 0.1) is 0 Å². The molecule has 14 heavy (non-hydrogen) atoms. The Bertz CT molecular complexity index is 340. The Morgan fingerprint density at radius 3 is 2.79 bits per heavy atom. The van der Waals surface area contributed by atoms with Crippen LogP contribution in [0.25, 0.3) is 6.08 Å². The van der Waals surface area contributed by atoms with E-state index in [2.05, 4.69) is 0 Å². The molecule has 0 atom stereocenters. The minimum Gasteiger partial charge on any atom is -0.496 e. The second-order valence-corrected chi connectivity index (χ2v) is 3.05. The molecule has 2 heteroatoms. The van der Waals surface area contributed by atoms with E-state index in [9.17, 15) is 4.79 Å². The maximum absolute atomic E-state index is 10.7. The Hall–Kier alpha value is -1.57. The van der Waals surface area contributed by atoms with E-state index >= 15 is 0 Å². The van der Waals surface area contributed by atoms with Gasteiger partial charge in [0.2, 0.25) is 0 Å². The van der Waals surface area contributed by atoms with Crippen LogP contribution in [0.2, 0.25) is 0 Å². The number of para-hydroxylation sites is 1. The summed E-state index contributed by atoms with van der Waals surface area (Å²) in [5.41, 5.74) is 0.997. The fourth-order valence-corrected chi connectivity index (χ4v) is 1.16. The number of ether oxygens (including phenoxy) is 1. The van der Waals surface area contributed by atoms with Gasteiger partial charge in [-0.05, 0) is 13.0 Å². The molecule has 0 amide bonds. The molecular formula is C12H14O2. The average molecular weight is 190 g/mol. The summed E-state index contributed by atoms with van der Waals surface area (Å²) in [6.45, 7) is 1.58. The number of rotatable bonds is 4. The van der Waals surface area contributed by atoms with E-state index in [1.54, 1.807) is 14.0 Å². The molecule has 0 aliphatic rings. The maximum atomic E-state index is 10.7. The molecular weight excluding hydrogens is 176 g/mol. The first-order chi connectivity index (χ1) is 6.74. The van der Waals surface area contributed by atoms with E-state index in [0.717, 1.165) is 11.3 Å². The molecule has 0 spiro atoms. The van der Waals surface area contributed by atoms with Gasteiger partial charge in [-0.15, -0.1) is 0 Å². The third-order valence-electron chi connectivity index (χ3n) is 1.84. The van der Waals surface area contributed by atoms with Crippen molar-refractivity contribution in [2.75, 3.05) is 7.11 Å². The van der Waals surface area contributed by atoms with Crippen molar-refractivity contribution in [2.24, 2.45) is 0 Å². The minimum atomic E-state index is 0.163. The van der Waals surface area contributed by atoms with Gasteiger partial charge in [0, 0.05) is 12.0 Å². The number of carbonyl (C=O) groups excluding carboxylic acids is 1. The summed E-state index contributed by atoms with van der Waals surface area (Å²) in [6.07, 6.45) is 4.22. The molecule has 1 aromatic rings. The third kappa shape index (κ3) is 3.05. The molecule has 0 aliphatic heterocycles. The summed E-state index contributed by atoms with van der Waals surface area (Å²) >= 11 is 0. The van der Waals surface area contributed by atoms with Crippen LogP contribution >= 0.6 is 0 Å². The highest BCUT2D eigenvalue weighted by Crippen LogP contribution is 2.18. The number of allylic oxidation sites excluding steroid dienone is 1. The number of hydrogen-bond donors (Lipinski definition) is 0. The van der Waals surface area contributed by atoms with Gasteiger partial charge in [0.25, 0.3) is 0 Å². The fraction of sp³-hybridized carbons (Fsp3) is 0.250. The summed E-state index contributed by atoms with van der Waals surface area (Å²) in [5.74, 6) is 0.989. The molecule has 0 aromatic heterocycles. The van der Waals surface area contributed by atoms with Gasteiger partial charge in [-0.3, -0.25) is 4.79 Å². The lowest BCUT2D eigenvalue weighted by molar-refractivity contribution is -0.116. The van der Waals surface area contributed by atoms with Crippen LogP contribution in [0.15, 0.2) is 30.3 Å². The molecule has 0 saturated carbocycles. The molecule has 74 valence electrons. The predicted molar refractivity (Wildman–Crippen MR) is 57.3 cm³/mol. The molecule has 0 saturated heterocycles. The van der Waals surface area contributed by atoms with Gasteiger partial charge in [-0.1, -0.05) is 30.4 Å². The Balaban J connectivity index is 2.75. The SMILES string of the molecule is COc1ccccc1/C=C/CC(C)=O. The number of hydrogen-bond acceptors (Lipinski definition) is 2. The van der Waals surface area contributed by atoms with E-state index in [1.807, 2.05) is 36.4 Å². The summed E-state index contributed by atoms with van der Waals surface area (Å²) in [6, 6.07) is 7.71. The molecule has 0 fully saturated rings. The summed E-state index contributed by atoms with van der Waals surface area (Å²) in [7, 11) is 1.64. The molecule has 0 unspecified atom stereocenters. The molecule has 1 aromatic carbocycles. The summed E-state index contributed by atoms with van der Waals surface area (Å²) < 4.78 is 5.17. The quantitative estimate of drug-likeness (QED) is 0.729. The van der Waals surface area contributed by atoms with Gasteiger partial charge in [0.15, 0.2) is 0 Å². The van der Waals surface area contributed by atoms with Crippen molar-refractivity contribution in [1.29, 1.82) is 0 Å². The normalized spacial score (nSPS) is 10.4. The van der Waals surface area contributed by atoms with E-state index in [1.165, 1.54) is 0 Å². The van der Waals surface area contributed by atoms with E-state index in [4.69, 9.17) is 4.74 Å². The predicted octanol–water partition coefficient (Wildman–Crippen LogP) is 2.69. The largest absolute Gasteiger partial charge is 0.496 e. The third-order valence-corrected chi connectivity index (χ3v) is 1.84. The van der Waals surface area contributed by atoms with Crippen LogP contribution in [-0.4, -0.2) is 12.9 Å². The van der Waals surface area contributed by atoms with Crippen molar-refractivity contribution in [3.05, 3.63) is 35.9 Å². The zero-order valence-electron chi connectivity index (χ0n) is 8.49. The van der Waals surface area contributed by atoms with Gasteiger partial charge in [-0.25, -0.2) is 0 Å². The molecule has 0 aliphatic carbocycles. The van der Waals surface area contributed by atoms with E-state index < -0.39 is 0 Å². The highest BCUT2D eigenvalue weighted by molar-refractivity contribution is 5.78. The first-order valence-electron chi connectivity index (χ1n) is 4.53. The fourth-order valence-electron chi connectivity index (χ4n) is 1.16. The lowest BCUT2D eigenvalue weighted by Gasteiger charge is -2.02. The van der Waals surface area contributed by atoms with Crippen molar-refractivity contribution in [2.45, 2.75) is 13.3 Å². The van der Waals surface area contributed by atoms with E-state index in [0.29, 0.717) is 6.42 Å². The van der Waals surface area contributed by atoms with E-state index in [-0.39, 0.29) is 5.78 Å². The maximum Gasteiger partial charge on any atom is 0.133 e. The Morgan fingerprint density at radius 2 is 2.14 bits per heavy atom. The van der Waals surface area contributed by atoms with Crippen LogP contribution in [0.4, 0.5) is 0 Å². The van der Waals surface area contributed by atoms with Crippen LogP contribution in [0.3, 0.4) is 0 Å². The second kappa shape index (κ2) is 5.22. The zero-order chi connectivity index (χ0) is 10.4. The minimum absolute atomic E-state index is 0.163.